The molecule has 18 nitrogen and oxygen atoms in total. The van der Waals surface area contributed by atoms with Crippen LogP contribution >= 0.6 is 12.4 Å². The van der Waals surface area contributed by atoms with Gasteiger partial charge >= 0.3 is 30.1 Å². The van der Waals surface area contributed by atoms with Crippen molar-refractivity contribution in [1.29, 1.82) is 0 Å². The molecule has 5 N–H and O–H groups in total. The van der Waals surface area contributed by atoms with Crippen molar-refractivity contribution in [2.75, 3.05) is 41.0 Å². The van der Waals surface area contributed by atoms with Crippen LogP contribution in [0.1, 0.15) is 51.1 Å². The number of rotatable bonds is 11. The molecular weight excluding hydrogens is 888 g/mol. The van der Waals surface area contributed by atoms with Crippen molar-refractivity contribution in [3.05, 3.63) is 144 Å². The summed E-state index contributed by atoms with van der Waals surface area (Å²) in [7, 11) is 3.92. The van der Waals surface area contributed by atoms with Gasteiger partial charge in [-0.2, -0.15) is 0 Å². The van der Waals surface area contributed by atoms with E-state index in [1.807, 2.05) is 84.9 Å². The van der Waals surface area contributed by atoms with E-state index in [9.17, 15) is 33.6 Å². The number of carbonyl (C=O) groups excluding carboxylic acids is 7. The van der Waals surface area contributed by atoms with Crippen LogP contribution in [0.2, 0.25) is 0 Å². The summed E-state index contributed by atoms with van der Waals surface area (Å²) in [5.41, 5.74) is 8.67. The summed E-state index contributed by atoms with van der Waals surface area (Å²) in [5.74, 6) is -1.66. The molecule has 4 aromatic rings. The molecule has 0 bridgehead atoms. The van der Waals surface area contributed by atoms with E-state index in [-0.39, 0.29) is 80.5 Å². The molecule has 358 valence electrons. The number of methoxy groups -OCH3 is 3. The summed E-state index contributed by atoms with van der Waals surface area (Å²) >= 11 is 0. The van der Waals surface area contributed by atoms with E-state index in [0.29, 0.717) is 37.1 Å². The van der Waals surface area contributed by atoms with E-state index >= 15 is 0 Å². The molecule has 3 aliphatic heterocycles. The molecule has 3 saturated heterocycles. The van der Waals surface area contributed by atoms with Crippen LogP contribution in [0.3, 0.4) is 0 Å². The number of halogens is 1. The number of nitrogens with one attached hydrogen (secondary N) is 3. The maximum Gasteiger partial charge on any atom is 0.410 e. The maximum atomic E-state index is 12.5. The van der Waals surface area contributed by atoms with Crippen LogP contribution < -0.4 is 21.7 Å². The molecule has 0 saturated carbocycles. The van der Waals surface area contributed by atoms with Crippen molar-refractivity contribution in [3.8, 4) is 0 Å². The highest BCUT2D eigenvalue weighted by molar-refractivity contribution is 5.95. The number of carbonyl (C=O) groups is 7. The Bertz CT molecular complexity index is 2230. The number of hydrogen-bond donors (Lipinski definition) is 4. The number of benzene rings is 4. The van der Waals surface area contributed by atoms with Gasteiger partial charge in [0.05, 0.1) is 21.3 Å². The van der Waals surface area contributed by atoms with E-state index in [1.54, 1.807) is 36.4 Å². The first-order valence-corrected chi connectivity index (χ1v) is 21.3. The fourth-order valence-electron chi connectivity index (χ4n) is 7.42. The normalized spacial score (nSPS) is 20.2. The molecule has 3 heterocycles. The smallest absolute Gasteiger partial charge is 0.410 e. The third-order valence-corrected chi connectivity index (χ3v) is 10.8. The average molecular weight is 945 g/mol. The minimum atomic E-state index is -0.797. The predicted molar refractivity (Wildman–Crippen MR) is 247 cm³/mol. The first-order chi connectivity index (χ1) is 31.9. The lowest BCUT2D eigenvalue weighted by Gasteiger charge is -2.21. The Morgan fingerprint density at radius 3 is 1.40 bits per heavy atom. The molecular formula is C48H57ClN6O12. The number of amides is 4. The second-order valence-corrected chi connectivity index (χ2v) is 15.5. The highest BCUT2D eigenvalue weighted by Gasteiger charge is 2.42. The summed E-state index contributed by atoms with van der Waals surface area (Å²) in [5, 5.41) is 8.79. The Hall–Kier alpha value is -7.02. The Morgan fingerprint density at radius 1 is 0.552 bits per heavy atom. The minimum Gasteiger partial charge on any atom is -0.468 e. The molecule has 3 aliphatic rings. The van der Waals surface area contributed by atoms with Gasteiger partial charge in [0, 0.05) is 55.3 Å². The van der Waals surface area contributed by atoms with E-state index < -0.39 is 36.2 Å². The second-order valence-electron chi connectivity index (χ2n) is 15.5. The third-order valence-electron chi connectivity index (χ3n) is 10.8. The number of nitrogens with two attached hydrogens (primary N) is 1. The molecule has 4 aromatic carbocycles. The Labute approximate surface area is 395 Å². The number of nitrogens with zero attached hydrogens (tertiary/aromatic N) is 2. The molecule has 0 aliphatic carbocycles. The molecule has 0 aromatic heterocycles. The van der Waals surface area contributed by atoms with Gasteiger partial charge < -0.3 is 45.4 Å². The first-order valence-electron chi connectivity index (χ1n) is 21.3. The van der Waals surface area contributed by atoms with Gasteiger partial charge in [0.1, 0.15) is 31.3 Å². The summed E-state index contributed by atoms with van der Waals surface area (Å²) in [6.07, 6.45) is 0.0669. The maximum absolute atomic E-state index is 12.5. The molecule has 6 atom stereocenters. The highest BCUT2D eigenvalue weighted by Crippen LogP contribution is 2.22. The lowest BCUT2D eigenvalue weighted by molar-refractivity contribution is -0.146. The number of hydrogen-bond acceptors (Lipinski definition) is 14. The zero-order chi connectivity index (χ0) is 47.4. The summed E-state index contributed by atoms with van der Waals surface area (Å²) in [6, 6.07) is 34.0. The van der Waals surface area contributed by atoms with E-state index in [1.165, 1.54) is 31.1 Å². The van der Waals surface area contributed by atoms with Crippen molar-refractivity contribution >= 4 is 54.3 Å². The molecule has 67 heavy (non-hydrogen) atoms. The van der Waals surface area contributed by atoms with Crippen LogP contribution in [0.25, 0.3) is 0 Å². The van der Waals surface area contributed by atoms with Crippen LogP contribution in [0, 0.1) is 0 Å². The van der Waals surface area contributed by atoms with E-state index in [2.05, 4.69) is 25.4 Å². The van der Waals surface area contributed by atoms with Crippen molar-refractivity contribution in [2.45, 2.75) is 68.7 Å². The first kappa shape index (κ1) is 52.6. The van der Waals surface area contributed by atoms with Crippen LogP contribution in [-0.2, 0) is 51.3 Å². The van der Waals surface area contributed by atoms with Gasteiger partial charge in [-0.1, -0.05) is 97.1 Å². The zero-order valence-electron chi connectivity index (χ0n) is 37.4. The standard InChI is InChI=1S/C21H22N2O5.C14H18N2O4.C13H16N2O3.ClH/c1-27-20(25)18-12-17(22-19(24)16-10-6-3-7-11-16)13-23(18)21(26)28-14-15-8-4-2-5-9-15;1-19-13(17)12-7-11(15)8-16(12)14(18)20-9-10-5-3-2-4-6-10;1-18-13(17)11-7-10(8-14-11)15-12(16)9-5-3-2-4-6-9;/h2-11,17-18H,12-14H2,1H3,(H,22,24);2-6,11-12H,7-9,15H2,1H3;2-6,10-11,14H,7-8H2,1H3,(H,15,16);1H/t17-,18+;11-,12+;10-,11+;/m111./s1. The van der Waals surface area contributed by atoms with Crippen molar-refractivity contribution < 1.29 is 57.2 Å². The van der Waals surface area contributed by atoms with Crippen LogP contribution in [0.4, 0.5) is 9.59 Å². The number of likely N-dealkylation sites (tertiary alicyclic amines) is 2. The van der Waals surface area contributed by atoms with Gasteiger partial charge in [-0.05, 0) is 48.2 Å². The summed E-state index contributed by atoms with van der Waals surface area (Å²) in [4.78, 5) is 86.5. The average Bonchev–Trinajstić information content (AvgIpc) is 4.12. The minimum absolute atomic E-state index is 0. The SMILES string of the molecule is COC(=O)[C@@H]1C[C@@H](N)CN1C(=O)OCc1ccccc1.COC(=O)[C@@H]1C[C@@H](NC(=O)c2ccccc2)CN1.COC(=O)[C@@H]1C[C@@H](NC(=O)c2ccccc2)CN1C(=O)OCc1ccccc1.Cl. The van der Waals surface area contributed by atoms with Crippen molar-refractivity contribution in [3.63, 3.8) is 0 Å². The molecule has 0 spiro atoms. The van der Waals surface area contributed by atoms with Gasteiger partial charge in [0.25, 0.3) is 11.8 Å². The predicted octanol–water partition coefficient (Wildman–Crippen LogP) is 4.01. The molecule has 4 amide bonds. The second kappa shape index (κ2) is 26.8. The van der Waals surface area contributed by atoms with Gasteiger partial charge in [-0.25, -0.2) is 19.2 Å². The van der Waals surface area contributed by atoms with E-state index in [0.717, 1.165) is 11.1 Å². The Kier molecular flexibility index (Phi) is 21.1. The summed E-state index contributed by atoms with van der Waals surface area (Å²) in [6.45, 7) is 1.32. The fourth-order valence-corrected chi connectivity index (χ4v) is 7.42. The molecule has 3 fully saturated rings. The third kappa shape index (κ3) is 15.8. The Morgan fingerprint density at radius 2 is 0.955 bits per heavy atom. The van der Waals surface area contributed by atoms with Crippen molar-refractivity contribution in [2.24, 2.45) is 5.73 Å². The molecule has 19 heteroatoms. The number of ether oxygens (including phenoxy) is 5. The van der Waals surface area contributed by atoms with Crippen molar-refractivity contribution in [1.82, 2.24) is 25.8 Å². The Balaban J connectivity index is 0.000000225. The van der Waals surface area contributed by atoms with Crippen LogP contribution in [0.15, 0.2) is 121 Å². The lowest BCUT2D eigenvalue weighted by atomic mass is 10.1. The van der Waals surface area contributed by atoms with Gasteiger partial charge in [0.15, 0.2) is 0 Å². The number of esters is 3. The topological polar surface area (TPSA) is 234 Å². The molecule has 7 rings (SSSR count). The van der Waals surface area contributed by atoms with Gasteiger partial charge in [-0.15, -0.1) is 12.4 Å². The highest BCUT2D eigenvalue weighted by atomic mass is 35.5. The molecule has 0 radical (unpaired) electrons. The quantitative estimate of drug-likeness (QED) is 0.123. The fraction of sp³-hybridized carbons (Fsp3) is 0.354. The zero-order valence-corrected chi connectivity index (χ0v) is 38.3. The monoisotopic (exact) mass is 944 g/mol. The van der Waals surface area contributed by atoms with Gasteiger partial charge in [-0.3, -0.25) is 24.2 Å². The lowest BCUT2D eigenvalue weighted by Crippen LogP contribution is -2.42. The van der Waals surface area contributed by atoms with Gasteiger partial charge in [0.2, 0.25) is 0 Å². The molecule has 0 unspecified atom stereocenters. The van der Waals surface area contributed by atoms with Crippen LogP contribution in [0.5, 0.6) is 0 Å². The summed E-state index contributed by atoms with van der Waals surface area (Å²) < 4.78 is 24.7. The van der Waals surface area contributed by atoms with Crippen LogP contribution in [-0.4, -0.2) is 129 Å². The van der Waals surface area contributed by atoms with E-state index in [4.69, 9.17) is 19.9 Å². The largest absolute Gasteiger partial charge is 0.468 e.